The number of carbonyl (C=O) groups excluding carboxylic acids is 1. The van der Waals surface area contributed by atoms with Crippen molar-refractivity contribution >= 4 is 5.91 Å². The Kier molecular flexibility index (Phi) is 5.26. The summed E-state index contributed by atoms with van der Waals surface area (Å²) < 4.78 is 0. The molecule has 3 heteroatoms. The Morgan fingerprint density at radius 3 is 2.62 bits per heavy atom. The molecule has 1 aliphatic carbocycles. The van der Waals surface area contributed by atoms with Crippen molar-refractivity contribution in [1.82, 2.24) is 4.90 Å². The molecule has 0 aromatic rings. The molecular formula is C13H26N2O. The van der Waals surface area contributed by atoms with Crippen molar-refractivity contribution in [3.8, 4) is 0 Å². The van der Waals surface area contributed by atoms with E-state index in [9.17, 15) is 4.79 Å². The first-order valence-corrected chi connectivity index (χ1v) is 6.57. The van der Waals surface area contributed by atoms with Crippen LogP contribution in [0.25, 0.3) is 0 Å². The second-order valence-corrected chi connectivity index (χ2v) is 5.24. The van der Waals surface area contributed by atoms with E-state index in [0.29, 0.717) is 12.3 Å². The van der Waals surface area contributed by atoms with Crippen LogP contribution in [-0.2, 0) is 4.79 Å². The van der Waals surface area contributed by atoms with Crippen LogP contribution in [0.15, 0.2) is 0 Å². The zero-order valence-electron chi connectivity index (χ0n) is 10.9. The van der Waals surface area contributed by atoms with Crippen LogP contribution in [0.2, 0.25) is 0 Å². The van der Waals surface area contributed by atoms with E-state index < -0.39 is 0 Å². The number of nitrogens with zero attached hydrogens (tertiary/aromatic N) is 1. The number of amides is 1. The Morgan fingerprint density at radius 2 is 2.06 bits per heavy atom. The topological polar surface area (TPSA) is 46.3 Å². The summed E-state index contributed by atoms with van der Waals surface area (Å²) in [5.41, 5.74) is 6.09. The normalized spacial score (nSPS) is 27.5. The van der Waals surface area contributed by atoms with Crippen LogP contribution < -0.4 is 5.73 Å². The van der Waals surface area contributed by atoms with Gasteiger partial charge in [0.1, 0.15) is 0 Å². The van der Waals surface area contributed by atoms with E-state index in [1.54, 1.807) is 0 Å². The summed E-state index contributed by atoms with van der Waals surface area (Å²) >= 11 is 0. The van der Waals surface area contributed by atoms with Crippen LogP contribution in [-0.4, -0.2) is 29.9 Å². The SMILES string of the molecule is CCC(C)CC(=O)N(C)C1CCCCC1N. The van der Waals surface area contributed by atoms with Gasteiger partial charge in [-0.3, -0.25) is 4.79 Å². The van der Waals surface area contributed by atoms with Gasteiger partial charge in [0.05, 0.1) is 0 Å². The van der Waals surface area contributed by atoms with Crippen LogP contribution >= 0.6 is 0 Å². The molecule has 3 atom stereocenters. The van der Waals surface area contributed by atoms with Crippen LogP contribution in [0.5, 0.6) is 0 Å². The van der Waals surface area contributed by atoms with Crippen molar-refractivity contribution in [2.24, 2.45) is 11.7 Å². The fraction of sp³-hybridized carbons (Fsp3) is 0.923. The maximum absolute atomic E-state index is 12.0. The van der Waals surface area contributed by atoms with Gasteiger partial charge in [-0.2, -0.15) is 0 Å². The first-order valence-electron chi connectivity index (χ1n) is 6.57. The lowest BCUT2D eigenvalue weighted by atomic mass is 9.89. The van der Waals surface area contributed by atoms with Gasteiger partial charge < -0.3 is 10.6 Å². The highest BCUT2D eigenvalue weighted by Crippen LogP contribution is 2.22. The molecule has 3 unspecified atom stereocenters. The molecule has 1 saturated carbocycles. The number of carbonyl (C=O) groups is 1. The standard InChI is InChI=1S/C13H26N2O/c1-4-10(2)9-13(16)15(3)12-8-6-5-7-11(12)14/h10-12H,4-9,14H2,1-3H3. The van der Waals surface area contributed by atoms with Gasteiger partial charge in [0.25, 0.3) is 0 Å². The predicted molar refractivity (Wildman–Crippen MR) is 67.1 cm³/mol. The van der Waals surface area contributed by atoms with E-state index in [4.69, 9.17) is 5.73 Å². The fourth-order valence-corrected chi connectivity index (χ4v) is 2.39. The molecule has 0 aliphatic heterocycles. The lowest BCUT2D eigenvalue weighted by Crippen LogP contribution is -2.50. The molecule has 0 aromatic heterocycles. The third kappa shape index (κ3) is 3.48. The summed E-state index contributed by atoms with van der Waals surface area (Å²) in [6, 6.07) is 0.449. The fourth-order valence-electron chi connectivity index (χ4n) is 2.39. The third-order valence-corrected chi connectivity index (χ3v) is 3.89. The summed E-state index contributed by atoms with van der Waals surface area (Å²) in [5.74, 6) is 0.742. The molecule has 0 heterocycles. The number of hydrogen-bond donors (Lipinski definition) is 1. The molecule has 0 radical (unpaired) electrons. The minimum Gasteiger partial charge on any atom is -0.341 e. The Hall–Kier alpha value is -0.570. The maximum Gasteiger partial charge on any atom is 0.222 e. The van der Waals surface area contributed by atoms with Crippen molar-refractivity contribution in [2.75, 3.05) is 7.05 Å². The average molecular weight is 226 g/mol. The van der Waals surface area contributed by atoms with E-state index >= 15 is 0 Å². The lowest BCUT2D eigenvalue weighted by molar-refractivity contribution is -0.133. The van der Waals surface area contributed by atoms with Crippen molar-refractivity contribution in [3.05, 3.63) is 0 Å². The zero-order valence-corrected chi connectivity index (χ0v) is 10.9. The summed E-state index contributed by atoms with van der Waals surface area (Å²) in [4.78, 5) is 13.9. The number of nitrogens with two attached hydrogens (primary N) is 1. The first kappa shape index (κ1) is 13.5. The molecule has 3 nitrogen and oxygen atoms in total. The molecule has 94 valence electrons. The molecule has 16 heavy (non-hydrogen) atoms. The largest absolute Gasteiger partial charge is 0.341 e. The second-order valence-electron chi connectivity index (χ2n) is 5.24. The predicted octanol–water partition coefficient (Wildman–Crippen LogP) is 2.15. The van der Waals surface area contributed by atoms with Gasteiger partial charge in [-0.1, -0.05) is 33.1 Å². The molecule has 0 bridgehead atoms. The van der Waals surface area contributed by atoms with Crippen LogP contribution in [0.1, 0.15) is 52.4 Å². The quantitative estimate of drug-likeness (QED) is 0.798. The van der Waals surface area contributed by atoms with Gasteiger partial charge in [-0.15, -0.1) is 0 Å². The molecule has 1 aliphatic rings. The minimum atomic E-state index is 0.180. The molecule has 1 amide bonds. The first-order chi connectivity index (χ1) is 7.56. The van der Waals surface area contributed by atoms with E-state index in [0.717, 1.165) is 19.3 Å². The van der Waals surface area contributed by atoms with Gasteiger partial charge in [-0.05, 0) is 18.8 Å². The van der Waals surface area contributed by atoms with Crippen LogP contribution in [0, 0.1) is 5.92 Å². The molecule has 0 saturated heterocycles. The van der Waals surface area contributed by atoms with Crippen molar-refractivity contribution < 1.29 is 4.79 Å². The molecule has 0 aromatic carbocycles. The smallest absolute Gasteiger partial charge is 0.222 e. The van der Waals surface area contributed by atoms with Crippen molar-refractivity contribution in [2.45, 2.75) is 64.5 Å². The van der Waals surface area contributed by atoms with E-state index in [-0.39, 0.29) is 18.0 Å². The van der Waals surface area contributed by atoms with Gasteiger partial charge in [0, 0.05) is 25.6 Å². The van der Waals surface area contributed by atoms with E-state index in [2.05, 4.69) is 13.8 Å². The second kappa shape index (κ2) is 6.24. The molecular weight excluding hydrogens is 200 g/mol. The van der Waals surface area contributed by atoms with Gasteiger partial charge in [0.15, 0.2) is 0 Å². The highest BCUT2D eigenvalue weighted by Gasteiger charge is 2.28. The van der Waals surface area contributed by atoms with Gasteiger partial charge in [0.2, 0.25) is 5.91 Å². The highest BCUT2D eigenvalue weighted by atomic mass is 16.2. The highest BCUT2D eigenvalue weighted by molar-refractivity contribution is 5.76. The molecule has 2 N–H and O–H groups in total. The minimum absolute atomic E-state index is 0.180. The number of hydrogen-bond acceptors (Lipinski definition) is 2. The molecule has 0 spiro atoms. The summed E-state index contributed by atoms with van der Waals surface area (Å²) in [5, 5.41) is 0. The Labute approximate surface area is 99.4 Å². The summed E-state index contributed by atoms with van der Waals surface area (Å²) in [6.07, 6.45) is 6.28. The molecule has 1 fully saturated rings. The molecule has 1 rings (SSSR count). The van der Waals surface area contributed by atoms with Crippen LogP contribution in [0.3, 0.4) is 0 Å². The van der Waals surface area contributed by atoms with Crippen molar-refractivity contribution in [1.29, 1.82) is 0 Å². The van der Waals surface area contributed by atoms with Gasteiger partial charge >= 0.3 is 0 Å². The lowest BCUT2D eigenvalue weighted by Gasteiger charge is -2.36. The zero-order chi connectivity index (χ0) is 12.1. The summed E-state index contributed by atoms with van der Waals surface area (Å²) in [6.45, 7) is 4.26. The number of rotatable bonds is 4. The Bertz CT molecular complexity index is 230. The Balaban J connectivity index is 2.48. The Morgan fingerprint density at radius 1 is 1.44 bits per heavy atom. The van der Waals surface area contributed by atoms with Gasteiger partial charge in [-0.25, -0.2) is 0 Å². The monoisotopic (exact) mass is 226 g/mol. The number of likely N-dealkylation sites (N-methyl/N-ethyl adjacent to an activating group) is 1. The average Bonchev–Trinajstić information content (AvgIpc) is 2.28. The third-order valence-electron chi connectivity index (χ3n) is 3.89. The van der Waals surface area contributed by atoms with Crippen molar-refractivity contribution in [3.63, 3.8) is 0 Å². The maximum atomic E-state index is 12.0. The summed E-state index contributed by atoms with van der Waals surface area (Å²) in [7, 11) is 1.92. The van der Waals surface area contributed by atoms with Crippen LogP contribution in [0.4, 0.5) is 0 Å². The van der Waals surface area contributed by atoms with E-state index in [1.807, 2.05) is 11.9 Å². The van der Waals surface area contributed by atoms with E-state index in [1.165, 1.54) is 12.8 Å².